The van der Waals surface area contributed by atoms with Crippen molar-refractivity contribution in [1.29, 1.82) is 0 Å². The van der Waals surface area contributed by atoms with E-state index in [1.165, 1.54) is 22.8 Å². The smallest absolute Gasteiger partial charge is 0.336 e. The van der Waals surface area contributed by atoms with Crippen LogP contribution in [-0.2, 0) is 19.1 Å². The fraction of sp³-hybridized carbons (Fsp3) is 0.500. The van der Waals surface area contributed by atoms with Crippen molar-refractivity contribution in [2.75, 3.05) is 6.61 Å². The molecule has 0 aromatic carbocycles. The first-order valence-electron chi connectivity index (χ1n) is 8.61. The topological polar surface area (TPSA) is 72.8 Å². The molecule has 2 aliphatic carbocycles. The second-order valence-corrected chi connectivity index (χ2v) is 6.98. The zero-order valence-electron chi connectivity index (χ0n) is 14.9. The zero-order chi connectivity index (χ0) is 18.3. The molecule has 25 heavy (non-hydrogen) atoms. The molecule has 1 heterocycles. The molecule has 4 atom stereocenters. The predicted molar refractivity (Wildman–Crippen MR) is 92.4 cm³/mol. The van der Waals surface area contributed by atoms with Crippen LogP contribution in [-0.4, -0.2) is 35.9 Å². The van der Waals surface area contributed by atoms with Gasteiger partial charge in [-0.3, -0.25) is 0 Å². The minimum atomic E-state index is -0.557. The Kier molecular flexibility index (Phi) is 4.69. The van der Waals surface area contributed by atoms with Gasteiger partial charge in [0.25, 0.3) is 0 Å². The molecule has 0 aromatic rings. The molecule has 134 valence electrons. The van der Waals surface area contributed by atoms with Gasteiger partial charge in [0.15, 0.2) is 0 Å². The van der Waals surface area contributed by atoms with Crippen molar-refractivity contribution < 1.29 is 24.2 Å². The van der Waals surface area contributed by atoms with Crippen molar-refractivity contribution in [2.24, 2.45) is 11.8 Å². The van der Waals surface area contributed by atoms with Crippen molar-refractivity contribution >= 4 is 11.9 Å². The summed E-state index contributed by atoms with van der Waals surface area (Å²) in [5.74, 6) is -1.30. The zero-order valence-corrected chi connectivity index (χ0v) is 14.9. The van der Waals surface area contributed by atoms with Gasteiger partial charge in [0.05, 0.1) is 18.1 Å². The lowest BCUT2D eigenvalue weighted by Crippen LogP contribution is -2.36. The number of hydrogen-bond acceptors (Lipinski definition) is 5. The van der Waals surface area contributed by atoms with Crippen LogP contribution in [0.15, 0.2) is 46.6 Å². The lowest BCUT2D eigenvalue weighted by atomic mass is 9.82. The summed E-state index contributed by atoms with van der Waals surface area (Å²) in [5, 5.41) is 9.30. The Hall–Kier alpha value is -2.14. The summed E-state index contributed by atoms with van der Waals surface area (Å²) in [6.07, 6.45) is 4.18. The fourth-order valence-corrected chi connectivity index (χ4v) is 4.18. The molecule has 0 bridgehead atoms. The Labute approximate surface area is 147 Å². The van der Waals surface area contributed by atoms with Gasteiger partial charge in [-0.15, -0.1) is 0 Å². The standard InChI is InChI=1S/C20H24O5/c1-5-13(9-21)20(23)24-15-8-11(3)14-7-6-10(2)16(14)18-17(15)12(4)19(22)25-18/h5-6,15-18,21H,4,7-9H2,1-3H3/b13-5-/t15-,16+,17-,18-/m1/s1. The number of hydrogen-bond donors (Lipinski definition) is 1. The lowest BCUT2D eigenvalue weighted by Gasteiger charge is -2.28. The molecule has 0 aromatic heterocycles. The molecule has 1 fully saturated rings. The van der Waals surface area contributed by atoms with Gasteiger partial charge in [0, 0.05) is 17.9 Å². The van der Waals surface area contributed by atoms with Gasteiger partial charge >= 0.3 is 11.9 Å². The van der Waals surface area contributed by atoms with E-state index in [9.17, 15) is 14.7 Å². The largest absolute Gasteiger partial charge is 0.458 e. The SMILES string of the molecule is C=C1C(=O)O[C@@H]2[C@H]3C(C)=CCC3=C(C)C[C@@H](OC(=O)/C(=C\C)CO)[C@@H]12. The first-order chi connectivity index (χ1) is 11.9. The highest BCUT2D eigenvalue weighted by Crippen LogP contribution is 2.49. The Bertz CT molecular complexity index is 724. The third kappa shape index (κ3) is 2.86. The Morgan fingerprint density at radius 3 is 2.84 bits per heavy atom. The highest BCUT2D eigenvalue weighted by Gasteiger charge is 2.52. The Balaban J connectivity index is 1.97. The molecule has 3 rings (SSSR count). The first-order valence-corrected chi connectivity index (χ1v) is 8.61. The highest BCUT2D eigenvalue weighted by atomic mass is 16.6. The van der Waals surface area contributed by atoms with Crippen LogP contribution in [0.1, 0.15) is 33.6 Å². The van der Waals surface area contributed by atoms with E-state index in [0.29, 0.717) is 12.0 Å². The van der Waals surface area contributed by atoms with Gasteiger partial charge in [0.2, 0.25) is 0 Å². The molecule has 5 nitrogen and oxygen atoms in total. The number of rotatable bonds is 3. The van der Waals surface area contributed by atoms with Crippen LogP contribution in [0, 0.1) is 11.8 Å². The minimum absolute atomic E-state index is 0.0379. The number of carbonyl (C=O) groups excluding carboxylic acids is 2. The van der Waals surface area contributed by atoms with E-state index in [1.54, 1.807) is 6.92 Å². The van der Waals surface area contributed by atoms with Crippen molar-refractivity contribution in [3.05, 3.63) is 46.6 Å². The van der Waals surface area contributed by atoms with Crippen LogP contribution in [0.2, 0.25) is 0 Å². The fourth-order valence-electron chi connectivity index (χ4n) is 4.18. The van der Waals surface area contributed by atoms with E-state index < -0.39 is 18.0 Å². The Morgan fingerprint density at radius 1 is 1.48 bits per heavy atom. The third-order valence-corrected chi connectivity index (χ3v) is 5.60. The summed E-state index contributed by atoms with van der Waals surface area (Å²) in [6.45, 7) is 9.29. The maximum atomic E-state index is 12.3. The van der Waals surface area contributed by atoms with E-state index >= 15 is 0 Å². The van der Waals surface area contributed by atoms with Gasteiger partial charge < -0.3 is 14.6 Å². The second kappa shape index (κ2) is 6.64. The molecule has 0 amide bonds. The molecule has 5 heteroatoms. The predicted octanol–water partition coefficient (Wildman–Crippen LogP) is 2.62. The maximum absolute atomic E-state index is 12.3. The molecular weight excluding hydrogens is 320 g/mol. The van der Waals surface area contributed by atoms with E-state index in [0.717, 1.165) is 6.42 Å². The lowest BCUT2D eigenvalue weighted by molar-refractivity contribution is -0.148. The summed E-state index contributed by atoms with van der Waals surface area (Å²) < 4.78 is 11.4. The number of ether oxygens (including phenoxy) is 2. The van der Waals surface area contributed by atoms with Crippen LogP contribution in [0.25, 0.3) is 0 Å². The van der Waals surface area contributed by atoms with Crippen molar-refractivity contribution in [3.8, 4) is 0 Å². The first kappa shape index (κ1) is 17.7. The summed E-state index contributed by atoms with van der Waals surface area (Å²) in [7, 11) is 0. The molecule has 0 radical (unpaired) electrons. The van der Waals surface area contributed by atoms with E-state index in [4.69, 9.17) is 9.47 Å². The minimum Gasteiger partial charge on any atom is -0.458 e. The number of aliphatic hydroxyl groups is 1. The van der Waals surface area contributed by atoms with E-state index in [2.05, 4.69) is 12.7 Å². The van der Waals surface area contributed by atoms with Gasteiger partial charge in [-0.25, -0.2) is 9.59 Å². The summed E-state index contributed by atoms with van der Waals surface area (Å²) in [5.41, 5.74) is 4.17. The average molecular weight is 344 g/mol. The summed E-state index contributed by atoms with van der Waals surface area (Å²) >= 11 is 0. The molecule has 3 aliphatic rings. The Morgan fingerprint density at radius 2 is 2.20 bits per heavy atom. The van der Waals surface area contributed by atoms with E-state index in [-0.39, 0.29) is 30.1 Å². The van der Waals surface area contributed by atoms with Crippen molar-refractivity contribution in [3.63, 3.8) is 0 Å². The van der Waals surface area contributed by atoms with Gasteiger partial charge in [0.1, 0.15) is 12.2 Å². The number of carbonyl (C=O) groups is 2. The van der Waals surface area contributed by atoms with Crippen LogP contribution in [0.4, 0.5) is 0 Å². The maximum Gasteiger partial charge on any atom is 0.336 e. The van der Waals surface area contributed by atoms with Crippen LogP contribution in [0.5, 0.6) is 0 Å². The van der Waals surface area contributed by atoms with Gasteiger partial charge in [-0.2, -0.15) is 0 Å². The monoisotopic (exact) mass is 344 g/mol. The van der Waals surface area contributed by atoms with E-state index in [1.807, 2.05) is 13.8 Å². The number of esters is 2. The second-order valence-electron chi connectivity index (χ2n) is 6.98. The summed E-state index contributed by atoms with van der Waals surface area (Å²) in [6, 6.07) is 0. The number of allylic oxidation sites excluding steroid dienone is 2. The van der Waals surface area contributed by atoms with Crippen LogP contribution < -0.4 is 0 Å². The molecule has 1 N–H and O–H groups in total. The molecule has 0 unspecified atom stereocenters. The highest BCUT2D eigenvalue weighted by molar-refractivity contribution is 5.92. The molecule has 1 saturated heterocycles. The molecule has 0 spiro atoms. The number of aliphatic hydroxyl groups excluding tert-OH is 1. The number of fused-ring (bicyclic) bond motifs is 3. The molecule has 1 aliphatic heterocycles. The third-order valence-electron chi connectivity index (χ3n) is 5.60. The van der Waals surface area contributed by atoms with Crippen molar-refractivity contribution in [2.45, 2.75) is 45.8 Å². The van der Waals surface area contributed by atoms with Gasteiger partial charge in [-0.1, -0.05) is 35.5 Å². The average Bonchev–Trinajstić information content (AvgIpc) is 3.05. The van der Waals surface area contributed by atoms with Gasteiger partial charge in [-0.05, 0) is 27.2 Å². The normalized spacial score (nSPS) is 32.0. The molecule has 0 saturated carbocycles. The van der Waals surface area contributed by atoms with Crippen LogP contribution in [0.3, 0.4) is 0 Å². The van der Waals surface area contributed by atoms with Crippen molar-refractivity contribution in [1.82, 2.24) is 0 Å². The molecular formula is C20H24O5. The quantitative estimate of drug-likeness (QED) is 0.484. The summed E-state index contributed by atoms with van der Waals surface area (Å²) in [4.78, 5) is 24.5. The van der Waals surface area contributed by atoms with Crippen LogP contribution >= 0.6 is 0 Å².